The van der Waals surface area contributed by atoms with E-state index in [1.165, 1.54) is 6.26 Å². The van der Waals surface area contributed by atoms with Gasteiger partial charge in [0.15, 0.2) is 5.54 Å². The third-order valence-electron chi connectivity index (χ3n) is 4.01. The summed E-state index contributed by atoms with van der Waals surface area (Å²) < 4.78 is 5.24. The molecular weight excluding hydrogens is 310 g/mol. The number of nitrogens with one attached hydrogen (secondary N) is 2. The van der Waals surface area contributed by atoms with E-state index in [1.54, 1.807) is 31.2 Å². The molecule has 1 fully saturated rings. The van der Waals surface area contributed by atoms with Crippen LogP contribution < -0.4 is 10.6 Å². The highest BCUT2D eigenvalue weighted by Crippen LogP contribution is 2.29. The van der Waals surface area contributed by atoms with Crippen molar-refractivity contribution in [2.45, 2.75) is 19.4 Å². The molecule has 24 heavy (non-hydrogen) atoms. The Morgan fingerprint density at radius 3 is 2.67 bits per heavy atom. The predicted molar refractivity (Wildman–Crippen MR) is 86.1 cm³/mol. The number of hydrogen-bond donors (Lipinski definition) is 2. The van der Waals surface area contributed by atoms with Crippen molar-refractivity contribution in [1.29, 1.82) is 0 Å². The van der Waals surface area contributed by atoms with Gasteiger partial charge in [0.05, 0.1) is 6.26 Å². The molecule has 3 rings (SSSR count). The number of rotatable bonds is 4. The minimum atomic E-state index is -1.30. The first-order chi connectivity index (χ1) is 11.4. The van der Waals surface area contributed by atoms with Crippen LogP contribution in [0.15, 0.2) is 47.1 Å². The molecule has 0 saturated carbocycles. The summed E-state index contributed by atoms with van der Waals surface area (Å²) in [7, 11) is 0. The van der Waals surface area contributed by atoms with E-state index in [2.05, 4.69) is 10.6 Å². The van der Waals surface area contributed by atoms with Gasteiger partial charge >= 0.3 is 6.03 Å². The van der Waals surface area contributed by atoms with Crippen molar-refractivity contribution in [3.8, 4) is 0 Å². The van der Waals surface area contributed by atoms with Gasteiger partial charge in [0, 0.05) is 5.69 Å². The van der Waals surface area contributed by atoms with Crippen LogP contribution in [-0.4, -0.2) is 29.3 Å². The van der Waals surface area contributed by atoms with Gasteiger partial charge < -0.3 is 15.1 Å². The number of carbonyl (C=O) groups excluding carboxylic acids is 3. The van der Waals surface area contributed by atoms with E-state index >= 15 is 0 Å². The molecule has 0 bridgehead atoms. The van der Waals surface area contributed by atoms with Gasteiger partial charge in [-0.3, -0.25) is 14.5 Å². The second-order valence-corrected chi connectivity index (χ2v) is 5.79. The van der Waals surface area contributed by atoms with Gasteiger partial charge in [0.1, 0.15) is 12.3 Å². The van der Waals surface area contributed by atoms with E-state index in [9.17, 15) is 14.4 Å². The Hall–Kier alpha value is -3.09. The second-order valence-electron chi connectivity index (χ2n) is 5.79. The lowest BCUT2D eigenvalue weighted by atomic mass is 9.99. The molecule has 2 heterocycles. The highest BCUT2D eigenvalue weighted by molar-refractivity contribution is 6.10. The number of urea groups is 1. The fourth-order valence-corrected chi connectivity index (χ4v) is 2.62. The molecule has 2 N–H and O–H groups in total. The largest absolute Gasteiger partial charge is 0.466 e. The molecule has 1 aliphatic rings. The van der Waals surface area contributed by atoms with E-state index in [0.29, 0.717) is 11.4 Å². The lowest BCUT2D eigenvalue weighted by Crippen LogP contribution is -2.41. The molecule has 0 radical (unpaired) electrons. The van der Waals surface area contributed by atoms with E-state index in [-0.39, 0.29) is 6.54 Å². The lowest BCUT2D eigenvalue weighted by molar-refractivity contribution is -0.134. The topological polar surface area (TPSA) is 91.7 Å². The monoisotopic (exact) mass is 327 g/mol. The van der Waals surface area contributed by atoms with Crippen LogP contribution in [0.4, 0.5) is 10.5 Å². The van der Waals surface area contributed by atoms with Crippen LogP contribution in [-0.2, 0) is 15.1 Å². The molecule has 2 aromatic rings. The number of benzene rings is 1. The Kier molecular flexibility index (Phi) is 3.84. The minimum Gasteiger partial charge on any atom is -0.466 e. The van der Waals surface area contributed by atoms with E-state index in [4.69, 9.17) is 4.42 Å². The summed E-state index contributed by atoms with van der Waals surface area (Å²) in [6, 6.07) is 9.88. The molecule has 1 saturated heterocycles. The van der Waals surface area contributed by atoms with Crippen molar-refractivity contribution in [2.75, 3.05) is 11.9 Å². The first-order valence-electron chi connectivity index (χ1n) is 7.45. The van der Waals surface area contributed by atoms with Gasteiger partial charge in [0.25, 0.3) is 5.91 Å². The average Bonchev–Trinajstić information content (AvgIpc) is 3.14. The number of furan rings is 1. The molecule has 1 aromatic heterocycles. The van der Waals surface area contributed by atoms with Crippen LogP contribution in [0.5, 0.6) is 0 Å². The maximum atomic E-state index is 12.6. The Labute approximate surface area is 138 Å². The summed E-state index contributed by atoms with van der Waals surface area (Å²) in [5.41, 5.74) is 0.232. The van der Waals surface area contributed by atoms with Crippen molar-refractivity contribution < 1.29 is 18.8 Å². The molecular formula is C17H17N3O4. The highest BCUT2D eigenvalue weighted by Gasteiger charge is 2.51. The Balaban J connectivity index is 1.74. The molecule has 1 unspecified atom stereocenters. The number of aryl methyl sites for hydroxylation is 1. The lowest BCUT2D eigenvalue weighted by Gasteiger charge is -2.19. The fourth-order valence-electron chi connectivity index (χ4n) is 2.62. The Bertz CT molecular complexity index is 800. The number of para-hydroxylation sites is 1. The molecule has 1 atom stereocenters. The molecule has 1 aromatic carbocycles. The number of nitrogens with zero attached hydrogens (tertiary/aromatic N) is 1. The summed E-state index contributed by atoms with van der Waals surface area (Å²) in [5.74, 6) is -0.651. The van der Waals surface area contributed by atoms with Gasteiger partial charge in [-0.2, -0.15) is 0 Å². The number of carbonyl (C=O) groups is 3. The normalized spacial score (nSPS) is 20.2. The van der Waals surface area contributed by atoms with Crippen LogP contribution in [0.2, 0.25) is 0 Å². The highest BCUT2D eigenvalue weighted by atomic mass is 16.3. The second kappa shape index (κ2) is 5.84. The van der Waals surface area contributed by atoms with Crippen LogP contribution in [0.3, 0.4) is 0 Å². The van der Waals surface area contributed by atoms with Crippen molar-refractivity contribution in [3.05, 3.63) is 54.0 Å². The maximum Gasteiger partial charge on any atom is 0.325 e. The van der Waals surface area contributed by atoms with Gasteiger partial charge in [-0.15, -0.1) is 0 Å². The van der Waals surface area contributed by atoms with Crippen LogP contribution in [0.1, 0.15) is 18.2 Å². The molecule has 0 spiro atoms. The van der Waals surface area contributed by atoms with Crippen LogP contribution in [0.25, 0.3) is 0 Å². The number of hydrogen-bond acceptors (Lipinski definition) is 4. The Morgan fingerprint density at radius 2 is 2.00 bits per heavy atom. The van der Waals surface area contributed by atoms with Crippen molar-refractivity contribution >= 4 is 23.5 Å². The van der Waals surface area contributed by atoms with Crippen LogP contribution >= 0.6 is 0 Å². The number of anilines is 1. The van der Waals surface area contributed by atoms with Gasteiger partial charge in [0.2, 0.25) is 5.91 Å². The van der Waals surface area contributed by atoms with Gasteiger partial charge in [-0.05, 0) is 37.6 Å². The molecule has 4 amide bonds. The first-order valence-corrected chi connectivity index (χ1v) is 7.45. The summed E-state index contributed by atoms with van der Waals surface area (Å²) in [6.45, 7) is 3.04. The maximum absolute atomic E-state index is 12.6. The Morgan fingerprint density at radius 1 is 1.25 bits per heavy atom. The van der Waals surface area contributed by atoms with Crippen LogP contribution in [0, 0.1) is 6.92 Å². The number of imide groups is 1. The van der Waals surface area contributed by atoms with E-state index in [1.807, 2.05) is 19.1 Å². The third kappa shape index (κ3) is 2.64. The van der Waals surface area contributed by atoms with E-state index in [0.717, 1.165) is 10.5 Å². The molecule has 1 aliphatic heterocycles. The van der Waals surface area contributed by atoms with Crippen molar-refractivity contribution in [2.24, 2.45) is 0 Å². The summed E-state index contributed by atoms with van der Waals surface area (Å²) in [5, 5.41) is 5.28. The van der Waals surface area contributed by atoms with Crippen molar-refractivity contribution in [1.82, 2.24) is 10.2 Å². The third-order valence-corrected chi connectivity index (χ3v) is 4.01. The summed E-state index contributed by atoms with van der Waals surface area (Å²) >= 11 is 0. The quantitative estimate of drug-likeness (QED) is 0.840. The average molecular weight is 327 g/mol. The molecule has 7 heteroatoms. The smallest absolute Gasteiger partial charge is 0.325 e. The summed E-state index contributed by atoms with van der Waals surface area (Å²) in [6.07, 6.45) is 1.42. The zero-order valence-corrected chi connectivity index (χ0v) is 13.3. The first kappa shape index (κ1) is 15.8. The zero-order chi connectivity index (χ0) is 17.3. The SMILES string of the molecule is Cc1ccccc1NC(=O)CN1C(=O)NC(C)(c2ccco2)C1=O. The van der Waals surface area contributed by atoms with E-state index < -0.39 is 23.4 Å². The molecule has 124 valence electrons. The predicted octanol–water partition coefficient (Wildman–Crippen LogP) is 1.99. The fraction of sp³-hybridized carbons (Fsp3) is 0.235. The molecule has 0 aliphatic carbocycles. The van der Waals surface area contributed by atoms with Gasteiger partial charge in [-0.25, -0.2) is 4.79 Å². The zero-order valence-electron chi connectivity index (χ0n) is 13.3. The summed E-state index contributed by atoms with van der Waals surface area (Å²) in [4.78, 5) is 37.8. The minimum absolute atomic E-state index is 0.322. The number of amides is 4. The van der Waals surface area contributed by atoms with Crippen molar-refractivity contribution in [3.63, 3.8) is 0 Å². The standard InChI is InChI=1S/C17H17N3O4/c1-11-6-3-4-7-12(11)18-14(21)10-20-15(22)17(2,19-16(20)23)13-8-5-9-24-13/h3-9H,10H2,1-2H3,(H,18,21)(H,19,23). The van der Waals surface area contributed by atoms with Gasteiger partial charge in [-0.1, -0.05) is 18.2 Å². The molecule has 7 nitrogen and oxygen atoms in total.